The molecule has 0 atom stereocenters. The summed E-state index contributed by atoms with van der Waals surface area (Å²) in [5.41, 5.74) is 0. The molecule has 0 heterocycles. The van der Waals surface area contributed by atoms with E-state index in [1.807, 2.05) is 0 Å². The van der Waals surface area contributed by atoms with Crippen molar-refractivity contribution in [2.45, 2.75) is 71.3 Å². The number of hydrogen-bond acceptors (Lipinski definition) is 2. The Bertz CT molecular complexity index is 233. The van der Waals surface area contributed by atoms with E-state index in [9.17, 15) is 4.79 Å². The molecule has 1 aliphatic carbocycles. The summed E-state index contributed by atoms with van der Waals surface area (Å²) in [6.45, 7) is 6.20. The molecule has 1 N–H and O–H groups in total. The first kappa shape index (κ1) is 15.5. The van der Waals surface area contributed by atoms with Gasteiger partial charge in [0.15, 0.2) is 0 Å². The minimum atomic E-state index is -0.672. The highest BCUT2D eigenvalue weighted by Gasteiger charge is 2.20. The molecule has 0 radical (unpaired) electrons. The van der Waals surface area contributed by atoms with Crippen molar-refractivity contribution in [1.29, 1.82) is 0 Å². The Hall–Kier alpha value is -0.570. The number of nitrogens with zero attached hydrogens (tertiary/aromatic N) is 1. The molecule has 106 valence electrons. The Balaban J connectivity index is 2.51. The third-order valence-electron chi connectivity index (χ3n) is 3.80. The molecule has 0 aromatic rings. The van der Waals surface area contributed by atoms with E-state index >= 15 is 0 Å². The lowest BCUT2D eigenvalue weighted by Gasteiger charge is -2.34. The summed E-state index contributed by atoms with van der Waals surface area (Å²) in [6, 6.07) is 0.618. The first-order valence-electron chi connectivity index (χ1n) is 7.55. The number of rotatable bonds is 6. The molecule has 0 aromatic carbocycles. The Morgan fingerprint density at radius 3 is 2.22 bits per heavy atom. The molecule has 1 saturated carbocycles. The smallest absolute Gasteiger partial charge is 0.304 e. The summed E-state index contributed by atoms with van der Waals surface area (Å²) in [7, 11) is 0. The van der Waals surface area contributed by atoms with Gasteiger partial charge < -0.3 is 5.11 Å². The maximum atomic E-state index is 10.8. The summed E-state index contributed by atoms with van der Waals surface area (Å²) < 4.78 is 0. The fourth-order valence-electron chi connectivity index (χ4n) is 2.93. The van der Waals surface area contributed by atoms with Gasteiger partial charge in [-0.25, -0.2) is 0 Å². The van der Waals surface area contributed by atoms with Crippen molar-refractivity contribution in [3.8, 4) is 0 Å². The third kappa shape index (κ3) is 6.39. The fraction of sp³-hybridized carbons (Fsp3) is 0.933. The zero-order chi connectivity index (χ0) is 13.4. The zero-order valence-corrected chi connectivity index (χ0v) is 12.0. The van der Waals surface area contributed by atoms with Crippen molar-refractivity contribution in [3.63, 3.8) is 0 Å². The van der Waals surface area contributed by atoms with E-state index in [0.29, 0.717) is 12.0 Å². The molecular weight excluding hydrogens is 226 g/mol. The van der Waals surface area contributed by atoms with E-state index in [2.05, 4.69) is 18.7 Å². The van der Waals surface area contributed by atoms with Gasteiger partial charge >= 0.3 is 5.97 Å². The maximum Gasteiger partial charge on any atom is 0.304 e. The molecule has 18 heavy (non-hydrogen) atoms. The summed E-state index contributed by atoms with van der Waals surface area (Å²) in [5.74, 6) is -0.0566. The Labute approximate surface area is 112 Å². The van der Waals surface area contributed by atoms with Crippen LogP contribution in [0.1, 0.15) is 65.2 Å². The predicted molar refractivity (Wildman–Crippen MR) is 74.8 cm³/mol. The van der Waals surface area contributed by atoms with Crippen LogP contribution in [0.25, 0.3) is 0 Å². The number of carboxylic acids is 1. The third-order valence-corrected chi connectivity index (χ3v) is 3.80. The molecule has 0 bridgehead atoms. The highest BCUT2D eigenvalue weighted by molar-refractivity contribution is 5.66. The normalized spacial score (nSPS) is 18.9. The molecule has 0 spiro atoms. The second-order valence-electron chi connectivity index (χ2n) is 6.03. The van der Waals surface area contributed by atoms with Crippen LogP contribution < -0.4 is 0 Å². The van der Waals surface area contributed by atoms with Crippen LogP contribution in [-0.2, 0) is 4.79 Å². The van der Waals surface area contributed by atoms with Crippen LogP contribution in [0, 0.1) is 5.92 Å². The topological polar surface area (TPSA) is 40.5 Å². The standard InChI is InChI=1S/C15H29NO2/c1-13(2)12-16(11-10-15(17)18)14-8-6-4-3-5-7-9-14/h13-14H,3-12H2,1-2H3,(H,17,18). The second kappa shape index (κ2) is 8.52. The van der Waals surface area contributed by atoms with Gasteiger partial charge in [-0.1, -0.05) is 46.0 Å². The van der Waals surface area contributed by atoms with Gasteiger partial charge in [0.05, 0.1) is 6.42 Å². The summed E-state index contributed by atoms with van der Waals surface area (Å²) in [4.78, 5) is 13.2. The lowest BCUT2D eigenvalue weighted by atomic mass is 9.95. The van der Waals surface area contributed by atoms with Gasteiger partial charge in [0.25, 0.3) is 0 Å². The molecule has 1 aliphatic rings. The Morgan fingerprint density at radius 1 is 1.17 bits per heavy atom. The van der Waals surface area contributed by atoms with E-state index in [4.69, 9.17) is 5.11 Å². The first-order chi connectivity index (χ1) is 8.59. The SMILES string of the molecule is CC(C)CN(CCC(=O)O)C1CCCCCCC1. The summed E-state index contributed by atoms with van der Waals surface area (Å²) in [5, 5.41) is 8.87. The molecule has 0 amide bonds. The van der Waals surface area contributed by atoms with Gasteiger partial charge in [-0.2, -0.15) is 0 Å². The highest BCUT2D eigenvalue weighted by atomic mass is 16.4. The first-order valence-corrected chi connectivity index (χ1v) is 7.55. The summed E-state index contributed by atoms with van der Waals surface area (Å²) >= 11 is 0. The molecule has 3 nitrogen and oxygen atoms in total. The van der Waals surface area contributed by atoms with E-state index in [1.165, 1.54) is 44.9 Å². The molecule has 0 aliphatic heterocycles. The Morgan fingerprint density at radius 2 is 1.72 bits per heavy atom. The van der Waals surface area contributed by atoms with Gasteiger partial charge in [0, 0.05) is 19.1 Å². The maximum absolute atomic E-state index is 10.8. The average Bonchev–Trinajstić information content (AvgIpc) is 2.23. The van der Waals surface area contributed by atoms with Crippen LogP contribution in [0.3, 0.4) is 0 Å². The van der Waals surface area contributed by atoms with Crippen molar-refractivity contribution in [1.82, 2.24) is 4.90 Å². The summed E-state index contributed by atoms with van der Waals surface area (Å²) in [6.07, 6.45) is 9.50. The van der Waals surface area contributed by atoms with Crippen molar-refractivity contribution >= 4 is 5.97 Å². The second-order valence-corrected chi connectivity index (χ2v) is 6.03. The molecule has 1 fully saturated rings. The van der Waals surface area contributed by atoms with Crippen LogP contribution in [0.2, 0.25) is 0 Å². The average molecular weight is 255 g/mol. The van der Waals surface area contributed by atoms with Crippen LogP contribution in [0.15, 0.2) is 0 Å². The lowest BCUT2D eigenvalue weighted by molar-refractivity contribution is -0.137. The molecule has 3 heteroatoms. The molecule has 0 saturated heterocycles. The van der Waals surface area contributed by atoms with Crippen LogP contribution >= 0.6 is 0 Å². The van der Waals surface area contributed by atoms with Gasteiger partial charge in [0.2, 0.25) is 0 Å². The van der Waals surface area contributed by atoms with Gasteiger partial charge in [-0.3, -0.25) is 9.69 Å². The largest absolute Gasteiger partial charge is 0.481 e. The van der Waals surface area contributed by atoms with Crippen molar-refractivity contribution in [3.05, 3.63) is 0 Å². The minimum absolute atomic E-state index is 0.281. The molecule has 0 aromatic heterocycles. The number of carbonyl (C=O) groups is 1. The van der Waals surface area contributed by atoms with Crippen molar-refractivity contribution in [2.75, 3.05) is 13.1 Å². The number of hydrogen-bond donors (Lipinski definition) is 1. The highest BCUT2D eigenvalue weighted by Crippen LogP contribution is 2.22. The predicted octanol–water partition coefficient (Wildman–Crippen LogP) is 3.53. The van der Waals surface area contributed by atoms with E-state index < -0.39 is 5.97 Å². The number of aliphatic carboxylic acids is 1. The minimum Gasteiger partial charge on any atom is -0.481 e. The number of carboxylic acid groups (broad SMARTS) is 1. The van der Waals surface area contributed by atoms with Crippen LogP contribution in [0.5, 0.6) is 0 Å². The van der Waals surface area contributed by atoms with Gasteiger partial charge in [-0.05, 0) is 18.8 Å². The van der Waals surface area contributed by atoms with Crippen LogP contribution in [0.4, 0.5) is 0 Å². The van der Waals surface area contributed by atoms with E-state index in [1.54, 1.807) is 0 Å². The lowest BCUT2D eigenvalue weighted by Crippen LogP contribution is -2.39. The van der Waals surface area contributed by atoms with Gasteiger partial charge in [0.1, 0.15) is 0 Å². The quantitative estimate of drug-likeness (QED) is 0.789. The monoisotopic (exact) mass is 255 g/mol. The van der Waals surface area contributed by atoms with Gasteiger partial charge in [-0.15, -0.1) is 0 Å². The van der Waals surface area contributed by atoms with Crippen LogP contribution in [-0.4, -0.2) is 35.1 Å². The zero-order valence-electron chi connectivity index (χ0n) is 12.0. The molecule has 1 rings (SSSR count). The van der Waals surface area contributed by atoms with E-state index in [-0.39, 0.29) is 6.42 Å². The van der Waals surface area contributed by atoms with Crippen molar-refractivity contribution in [2.24, 2.45) is 5.92 Å². The Kier molecular flexibility index (Phi) is 7.33. The molecule has 0 unspecified atom stereocenters. The fourth-order valence-corrected chi connectivity index (χ4v) is 2.93. The van der Waals surface area contributed by atoms with E-state index in [0.717, 1.165) is 13.1 Å². The molecular formula is C15H29NO2. The van der Waals surface area contributed by atoms with Crippen molar-refractivity contribution < 1.29 is 9.90 Å².